The fraction of sp³-hybridized carbons (Fsp3) is 0.312. The van der Waals surface area contributed by atoms with Gasteiger partial charge in [0.1, 0.15) is 5.15 Å². The molecule has 0 fully saturated rings. The summed E-state index contributed by atoms with van der Waals surface area (Å²) in [4.78, 5) is 6.52. The van der Waals surface area contributed by atoms with Crippen LogP contribution in [0, 0.1) is 0 Å². The summed E-state index contributed by atoms with van der Waals surface area (Å²) in [5.74, 6) is 0. The van der Waals surface area contributed by atoms with Gasteiger partial charge < -0.3 is 0 Å². The molecule has 19 heavy (non-hydrogen) atoms. The van der Waals surface area contributed by atoms with Crippen molar-refractivity contribution in [1.29, 1.82) is 0 Å². The third-order valence-corrected chi connectivity index (χ3v) is 3.51. The number of hydrogen-bond acceptors (Lipinski definition) is 2. The number of nitrogens with zero attached hydrogens (tertiary/aromatic N) is 2. The molecular weight excluding hydrogens is 256 g/mol. The van der Waals surface area contributed by atoms with E-state index in [4.69, 9.17) is 11.6 Å². The minimum Gasteiger partial charge on any atom is -0.292 e. The maximum absolute atomic E-state index is 6.14. The molecule has 0 unspecified atom stereocenters. The van der Waals surface area contributed by atoms with Gasteiger partial charge in [-0.15, -0.1) is 0 Å². The van der Waals surface area contributed by atoms with Crippen LogP contribution in [-0.4, -0.2) is 15.9 Å². The van der Waals surface area contributed by atoms with Crippen LogP contribution in [0.1, 0.15) is 25.0 Å². The number of rotatable bonds is 5. The van der Waals surface area contributed by atoms with Crippen molar-refractivity contribution in [3.05, 3.63) is 64.9 Å². The molecule has 2 aromatic rings. The highest BCUT2D eigenvalue weighted by molar-refractivity contribution is 6.30. The van der Waals surface area contributed by atoms with E-state index in [1.165, 1.54) is 5.56 Å². The molecule has 0 spiro atoms. The molecule has 0 radical (unpaired) electrons. The molecule has 3 heteroatoms. The largest absolute Gasteiger partial charge is 0.292 e. The number of benzene rings is 1. The third kappa shape index (κ3) is 4.05. The third-order valence-electron chi connectivity index (χ3n) is 3.17. The van der Waals surface area contributed by atoms with Gasteiger partial charge in [0.15, 0.2) is 0 Å². The zero-order valence-electron chi connectivity index (χ0n) is 11.4. The maximum atomic E-state index is 6.14. The molecule has 0 saturated carbocycles. The Morgan fingerprint density at radius 3 is 2.42 bits per heavy atom. The first-order chi connectivity index (χ1) is 9.16. The van der Waals surface area contributed by atoms with Crippen molar-refractivity contribution in [3.8, 4) is 0 Å². The van der Waals surface area contributed by atoms with Gasteiger partial charge in [0, 0.05) is 30.9 Å². The van der Waals surface area contributed by atoms with Crippen LogP contribution in [-0.2, 0) is 13.1 Å². The molecule has 100 valence electrons. The highest BCUT2D eigenvalue weighted by Gasteiger charge is 2.12. The Hall–Kier alpha value is -1.38. The van der Waals surface area contributed by atoms with E-state index in [9.17, 15) is 0 Å². The van der Waals surface area contributed by atoms with Crippen LogP contribution < -0.4 is 0 Å². The molecule has 0 aliphatic carbocycles. The Kier molecular flexibility index (Phi) is 4.94. The molecule has 1 heterocycles. The predicted molar refractivity (Wildman–Crippen MR) is 80.1 cm³/mol. The van der Waals surface area contributed by atoms with Gasteiger partial charge in [-0.05, 0) is 25.5 Å². The molecule has 2 nitrogen and oxygen atoms in total. The van der Waals surface area contributed by atoms with Crippen molar-refractivity contribution in [1.82, 2.24) is 9.88 Å². The van der Waals surface area contributed by atoms with Crippen molar-refractivity contribution >= 4 is 11.6 Å². The van der Waals surface area contributed by atoms with E-state index in [0.29, 0.717) is 11.2 Å². The van der Waals surface area contributed by atoms with Crippen LogP contribution in [0.3, 0.4) is 0 Å². The zero-order valence-corrected chi connectivity index (χ0v) is 12.1. The summed E-state index contributed by atoms with van der Waals surface area (Å²) in [7, 11) is 0. The van der Waals surface area contributed by atoms with Gasteiger partial charge >= 0.3 is 0 Å². The van der Waals surface area contributed by atoms with Gasteiger partial charge in [-0.1, -0.05) is 48.0 Å². The predicted octanol–water partition coefficient (Wildman–Crippen LogP) is 4.15. The van der Waals surface area contributed by atoms with Crippen LogP contribution in [0.25, 0.3) is 0 Å². The minimum absolute atomic E-state index is 0.455. The summed E-state index contributed by atoms with van der Waals surface area (Å²) in [6, 6.07) is 14.9. The second-order valence-corrected chi connectivity index (χ2v) is 5.30. The van der Waals surface area contributed by atoms with E-state index in [2.05, 4.69) is 48.0 Å². The Labute approximate surface area is 120 Å². The first-order valence-electron chi connectivity index (χ1n) is 6.54. The molecule has 0 aliphatic rings. The molecule has 0 saturated heterocycles. The summed E-state index contributed by atoms with van der Waals surface area (Å²) in [6.45, 7) is 6.14. The summed E-state index contributed by atoms with van der Waals surface area (Å²) in [5, 5.41) is 0.598. The van der Waals surface area contributed by atoms with Gasteiger partial charge in [0.05, 0.1) is 0 Å². The zero-order chi connectivity index (χ0) is 13.7. The van der Waals surface area contributed by atoms with Gasteiger partial charge in [0.2, 0.25) is 0 Å². The Morgan fingerprint density at radius 1 is 1.05 bits per heavy atom. The summed E-state index contributed by atoms with van der Waals surface area (Å²) >= 11 is 6.14. The lowest BCUT2D eigenvalue weighted by molar-refractivity contribution is 0.203. The van der Waals surface area contributed by atoms with Crippen molar-refractivity contribution < 1.29 is 0 Å². The van der Waals surface area contributed by atoms with Gasteiger partial charge in [0.25, 0.3) is 0 Å². The fourth-order valence-corrected chi connectivity index (χ4v) is 2.17. The molecule has 0 amide bonds. The molecule has 0 aliphatic heterocycles. The highest BCUT2D eigenvalue weighted by atomic mass is 35.5. The second kappa shape index (κ2) is 6.69. The first kappa shape index (κ1) is 14.0. The first-order valence-corrected chi connectivity index (χ1v) is 6.92. The van der Waals surface area contributed by atoms with Crippen LogP contribution >= 0.6 is 11.6 Å². The van der Waals surface area contributed by atoms with Crippen molar-refractivity contribution in [2.24, 2.45) is 0 Å². The van der Waals surface area contributed by atoms with Crippen molar-refractivity contribution in [2.75, 3.05) is 0 Å². The maximum Gasteiger partial charge on any atom is 0.133 e. The van der Waals surface area contributed by atoms with E-state index in [-0.39, 0.29) is 0 Å². The Morgan fingerprint density at radius 2 is 1.79 bits per heavy atom. The minimum atomic E-state index is 0.455. The SMILES string of the molecule is CC(C)N(Cc1ccccc1)Cc1cccnc1Cl. The van der Waals surface area contributed by atoms with E-state index < -0.39 is 0 Å². The highest BCUT2D eigenvalue weighted by Crippen LogP contribution is 2.17. The monoisotopic (exact) mass is 274 g/mol. The number of aromatic nitrogens is 1. The summed E-state index contributed by atoms with van der Waals surface area (Å²) in [6.07, 6.45) is 1.72. The van der Waals surface area contributed by atoms with Gasteiger partial charge in [-0.25, -0.2) is 4.98 Å². The number of pyridine rings is 1. The van der Waals surface area contributed by atoms with Crippen molar-refractivity contribution in [3.63, 3.8) is 0 Å². The quantitative estimate of drug-likeness (QED) is 0.762. The van der Waals surface area contributed by atoms with E-state index in [0.717, 1.165) is 18.7 Å². The normalized spacial score (nSPS) is 11.2. The van der Waals surface area contributed by atoms with Crippen LogP contribution in [0.4, 0.5) is 0 Å². The standard InChI is InChI=1S/C16H19ClN2/c1-13(2)19(11-14-7-4-3-5-8-14)12-15-9-6-10-18-16(15)17/h3-10,13H,11-12H2,1-2H3. The lowest BCUT2D eigenvalue weighted by atomic mass is 10.1. The second-order valence-electron chi connectivity index (χ2n) is 4.94. The molecule has 0 atom stereocenters. The smallest absolute Gasteiger partial charge is 0.133 e. The summed E-state index contributed by atoms with van der Waals surface area (Å²) in [5.41, 5.74) is 2.39. The number of halogens is 1. The van der Waals surface area contributed by atoms with E-state index >= 15 is 0 Å². The van der Waals surface area contributed by atoms with Gasteiger partial charge in [-0.3, -0.25) is 4.90 Å². The van der Waals surface area contributed by atoms with E-state index in [1.54, 1.807) is 6.20 Å². The molecule has 1 aromatic heterocycles. The molecule has 0 bridgehead atoms. The van der Waals surface area contributed by atoms with E-state index in [1.807, 2.05) is 18.2 Å². The molecular formula is C16H19ClN2. The molecule has 2 rings (SSSR count). The molecule has 1 aromatic carbocycles. The lowest BCUT2D eigenvalue weighted by Crippen LogP contribution is -2.30. The van der Waals surface area contributed by atoms with Crippen LogP contribution in [0.2, 0.25) is 5.15 Å². The Balaban J connectivity index is 2.11. The summed E-state index contributed by atoms with van der Waals surface area (Å²) < 4.78 is 0. The number of hydrogen-bond donors (Lipinski definition) is 0. The van der Waals surface area contributed by atoms with Gasteiger partial charge in [-0.2, -0.15) is 0 Å². The Bertz CT molecular complexity index is 511. The average Bonchev–Trinajstić information content (AvgIpc) is 2.41. The van der Waals surface area contributed by atoms with Crippen molar-refractivity contribution in [2.45, 2.75) is 33.0 Å². The topological polar surface area (TPSA) is 16.1 Å². The lowest BCUT2D eigenvalue weighted by Gasteiger charge is -2.26. The fourth-order valence-electron chi connectivity index (χ4n) is 2.00. The average molecular weight is 275 g/mol. The van der Waals surface area contributed by atoms with Crippen LogP contribution in [0.15, 0.2) is 48.7 Å². The van der Waals surface area contributed by atoms with Crippen LogP contribution in [0.5, 0.6) is 0 Å². The molecule has 0 N–H and O–H groups in total.